The van der Waals surface area contributed by atoms with Crippen LogP contribution in [0.2, 0.25) is 0 Å². The summed E-state index contributed by atoms with van der Waals surface area (Å²) in [5.41, 5.74) is 0. The Morgan fingerprint density at radius 3 is 2.90 bits per heavy atom. The number of fused-ring (bicyclic) bond motifs is 1. The van der Waals surface area contributed by atoms with Crippen molar-refractivity contribution in [2.45, 2.75) is 13.0 Å². The Hall–Kier alpha value is -2.14. The minimum absolute atomic E-state index is 0.334. The van der Waals surface area contributed by atoms with Gasteiger partial charge >= 0.3 is 5.97 Å². The van der Waals surface area contributed by atoms with E-state index < -0.39 is 12.1 Å². The molecule has 0 bridgehead atoms. The van der Waals surface area contributed by atoms with E-state index in [1.165, 1.54) is 11.3 Å². The van der Waals surface area contributed by atoms with Crippen LogP contribution in [0.3, 0.4) is 0 Å². The molecule has 1 N–H and O–H groups in total. The van der Waals surface area contributed by atoms with Gasteiger partial charge in [0.2, 0.25) is 0 Å². The molecule has 0 saturated carbocycles. The zero-order valence-corrected chi connectivity index (χ0v) is 11.9. The fourth-order valence-corrected chi connectivity index (χ4v) is 2.62. The molecule has 104 valence electrons. The summed E-state index contributed by atoms with van der Waals surface area (Å²) in [5.74, 6) is -0.813. The third kappa shape index (κ3) is 3.24. The molecule has 0 aliphatic heterocycles. The number of thiophene rings is 1. The third-order valence-electron chi connectivity index (χ3n) is 2.70. The van der Waals surface area contributed by atoms with Crippen molar-refractivity contribution in [1.29, 1.82) is 0 Å². The van der Waals surface area contributed by atoms with Crippen molar-refractivity contribution in [2.24, 2.45) is 0 Å². The molecule has 1 aromatic carbocycles. The Balaban J connectivity index is 2.04. The van der Waals surface area contributed by atoms with Crippen LogP contribution in [0, 0.1) is 0 Å². The molecule has 1 atom stereocenters. The van der Waals surface area contributed by atoms with E-state index in [4.69, 9.17) is 4.74 Å². The van der Waals surface area contributed by atoms with Crippen LogP contribution in [-0.2, 0) is 9.53 Å². The lowest BCUT2D eigenvalue weighted by molar-refractivity contribution is -0.128. The van der Waals surface area contributed by atoms with Gasteiger partial charge in [0.05, 0.1) is 0 Å². The second-order valence-corrected chi connectivity index (χ2v) is 5.31. The van der Waals surface area contributed by atoms with Gasteiger partial charge < -0.3 is 10.1 Å². The van der Waals surface area contributed by atoms with Gasteiger partial charge in [-0.15, -0.1) is 17.9 Å². The van der Waals surface area contributed by atoms with Crippen LogP contribution in [0.1, 0.15) is 16.6 Å². The average molecular weight is 289 g/mol. The van der Waals surface area contributed by atoms with Gasteiger partial charge in [-0.1, -0.05) is 24.3 Å². The van der Waals surface area contributed by atoms with Crippen LogP contribution in [0.4, 0.5) is 0 Å². The first-order valence-corrected chi connectivity index (χ1v) is 7.01. The first-order chi connectivity index (χ1) is 9.61. The lowest BCUT2D eigenvalue weighted by Crippen LogP contribution is -2.35. The molecule has 0 unspecified atom stereocenters. The lowest BCUT2D eigenvalue weighted by atomic mass is 10.2. The molecule has 1 heterocycles. The molecule has 0 radical (unpaired) electrons. The van der Waals surface area contributed by atoms with E-state index in [0.29, 0.717) is 11.4 Å². The maximum Gasteiger partial charge on any atom is 0.349 e. The van der Waals surface area contributed by atoms with Gasteiger partial charge in [-0.25, -0.2) is 4.79 Å². The summed E-state index contributed by atoms with van der Waals surface area (Å²) in [5, 5.41) is 3.58. The fraction of sp³-hybridized carbons (Fsp3) is 0.200. The summed E-state index contributed by atoms with van der Waals surface area (Å²) >= 11 is 1.35. The third-order valence-corrected chi connectivity index (χ3v) is 3.80. The number of carbonyl (C=O) groups excluding carboxylic acids is 2. The highest BCUT2D eigenvalue weighted by atomic mass is 32.1. The second kappa shape index (κ2) is 6.34. The predicted molar refractivity (Wildman–Crippen MR) is 79.9 cm³/mol. The van der Waals surface area contributed by atoms with Gasteiger partial charge in [-0.05, 0) is 24.4 Å². The largest absolute Gasteiger partial charge is 0.448 e. The van der Waals surface area contributed by atoms with Gasteiger partial charge in [-0.3, -0.25) is 4.79 Å². The summed E-state index contributed by atoms with van der Waals surface area (Å²) in [4.78, 5) is 24.1. The normalized spacial score (nSPS) is 11.8. The van der Waals surface area contributed by atoms with E-state index in [9.17, 15) is 9.59 Å². The van der Waals surface area contributed by atoms with E-state index in [2.05, 4.69) is 11.9 Å². The summed E-state index contributed by atoms with van der Waals surface area (Å²) in [6, 6.07) is 9.48. The van der Waals surface area contributed by atoms with Gasteiger partial charge in [0.25, 0.3) is 5.91 Å². The highest BCUT2D eigenvalue weighted by Gasteiger charge is 2.19. The lowest BCUT2D eigenvalue weighted by Gasteiger charge is -2.11. The fourth-order valence-electron chi connectivity index (χ4n) is 1.67. The number of carbonyl (C=O) groups is 2. The summed E-state index contributed by atoms with van der Waals surface area (Å²) < 4.78 is 6.17. The molecule has 5 heteroatoms. The Morgan fingerprint density at radius 1 is 1.45 bits per heavy atom. The maximum absolute atomic E-state index is 12.0. The van der Waals surface area contributed by atoms with Crippen molar-refractivity contribution >= 4 is 33.3 Å². The SMILES string of the molecule is C=CCNC(=O)[C@@H](C)OC(=O)c1cc2ccccc2s1. The highest BCUT2D eigenvalue weighted by molar-refractivity contribution is 7.20. The minimum Gasteiger partial charge on any atom is -0.448 e. The van der Waals surface area contributed by atoms with Crippen molar-refractivity contribution < 1.29 is 14.3 Å². The zero-order valence-electron chi connectivity index (χ0n) is 11.1. The van der Waals surface area contributed by atoms with Crippen molar-refractivity contribution in [3.63, 3.8) is 0 Å². The van der Waals surface area contributed by atoms with E-state index >= 15 is 0 Å². The van der Waals surface area contributed by atoms with Crippen molar-refractivity contribution in [1.82, 2.24) is 5.32 Å². The Morgan fingerprint density at radius 2 is 2.20 bits per heavy atom. The molecule has 0 aliphatic carbocycles. The van der Waals surface area contributed by atoms with E-state index in [1.54, 1.807) is 19.1 Å². The molecule has 0 spiro atoms. The molecule has 20 heavy (non-hydrogen) atoms. The Kier molecular flexibility index (Phi) is 4.53. The number of hydrogen-bond acceptors (Lipinski definition) is 4. The molecule has 1 aromatic heterocycles. The summed E-state index contributed by atoms with van der Waals surface area (Å²) in [6.07, 6.45) is 0.742. The molecule has 4 nitrogen and oxygen atoms in total. The van der Waals surface area contributed by atoms with Crippen LogP contribution in [-0.4, -0.2) is 24.5 Å². The van der Waals surface area contributed by atoms with E-state index in [0.717, 1.165) is 10.1 Å². The molecule has 0 saturated heterocycles. The van der Waals surface area contributed by atoms with Crippen LogP contribution in [0.5, 0.6) is 0 Å². The number of esters is 1. The van der Waals surface area contributed by atoms with Crippen LogP contribution >= 0.6 is 11.3 Å². The second-order valence-electron chi connectivity index (χ2n) is 4.23. The molecule has 0 fully saturated rings. The zero-order chi connectivity index (χ0) is 14.5. The quantitative estimate of drug-likeness (QED) is 0.680. The first kappa shape index (κ1) is 14.3. The van der Waals surface area contributed by atoms with E-state index in [1.807, 2.05) is 24.3 Å². The van der Waals surface area contributed by atoms with Crippen LogP contribution in [0.15, 0.2) is 43.0 Å². The molecule has 2 rings (SSSR count). The van der Waals surface area contributed by atoms with Crippen LogP contribution in [0.25, 0.3) is 10.1 Å². The maximum atomic E-state index is 12.0. The smallest absolute Gasteiger partial charge is 0.349 e. The van der Waals surface area contributed by atoms with E-state index in [-0.39, 0.29) is 5.91 Å². The molecule has 0 aliphatic rings. The first-order valence-electron chi connectivity index (χ1n) is 6.20. The molecular weight excluding hydrogens is 274 g/mol. The molecule has 2 aromatic rings. The van der Waals surface area contributed by atoms with Gasteiger partial charge in [0, 0.05) is 11.2 Å². The number of nitrogens with one attached hydrogen (secondary N) is 1. The number of benzene rings is 1. The minimum atomic E-state index is -0.826. The monoisotopic (exact) mass is 289 g/mol. The topological polar surface area (TPSA) is 55.4 Å². The Bertz CT molecular complexity index is 614. The number of ether oxygens (including phenoxy) is 1. The van der Waals surface area contributed by atoms with Crippen molar-refractivity contribution in [3.05, 3.63) is 47.9 Å². The summed E-state index contributed by atoms with van der Waals surface area (Å²) in [6.45, 7) is 5.40. The predicted octanol–water partition coefficient (Wildman–Crippen LogP) is 2.75. The molecule has 1 amide bonds. The summed E-state index contributed by atoms with van der Waals surface area (Å²) in [7, 11) is 0. The number of hydrogen-bond donors (Lipinski definition) is 1. The van der Waals surface area contributed by atoms with Gasteiger partial charge in [0.1, 0.15) is 4.88 Å². The Labute approximate surface area is 121 Å². The number of amides is 1. The van der Waals surface area contributed by atoms with Crippen molar-refractivity contribution in [3.8, 4) is 0 Å². The van der Waals surface area contributed by atoms with Crippen LogP contribution < -0.4 is 5.32 Å². The average Bonchev–Trinajstić information content (AvgIpc) is 2.88. The number of rotatable bonds is 5. The van der Waals surface area contributed by atoms with Gasteiger partial charge in [0.15, 0.2) is 6.10 Å². The highest BCUT2D eigenvalue weighted by Crippen LogP contribution is 2.25. The molecular formula is C15H15NO3S. The van der Waals surface area contributed by atoms with Crippen molar-refractivity contribution in [2.75, 3.05) is 6.54 Å². The standard InChI is InChI=1S/C15H15NO3S/c1-3-8-16-14(17)10(2)19-15(18)13-9-11-6-4-5-7-12(11)20-13/h3-7,9-10H,1,8H2,2H3,(H,16,17)/t10-/m1/s1. The van der Waals surface area contributed by atoms with Gasteiger partial charge in [-0.2, -0.15) is 0 Å².